The van der Waals surface area contributed by atoms with E-state index in [4.69, 9.17) is 21.2 Å². The molecular weight excluding hydrogens is 635 g/mol. The maximum atomic E-state index is 14.3. The van der Waals surface area contributed by atoms with Gasteiger partial charge in [0.25, 0.3) is 0 Å². The maximum Gasteiger partial charge on any atom is 0.247 e. The number of carbonyl (C=O) groups is 1. The topological polar surface area (TPSA) is 98.3 Å². The molecule has 4 heterocycles. The van der Waals surface area contributed by atoms with Gasteiger partial charge >= 0.3 is 0 Å². The first-order valence-electron chi connectivity index (χ1n) is 16.6. The van der Waals surface area contributed by atoms with Crippen LogP contribution < -0.4 is 25.3 Å². The molecular formula is C35H44ClFN8O3. The number of aromatic nitrogens is 2. The number of rotatable bonds is 10. The van der Waals surface area contributed by atoms with Crippen LogP contribution in [0.15, 0.2) is 55.4 Å². The fourth-order valence-electron chi connectivity index (χ4n) is 6.90. The van der Waals surface area contributed by atoms with E-state index in [1.54, 1.807) is 30.4 Å². The number of anilines is 5. The third-order valence-electron chi connectivity index (χ3n) is 9.55. The zero-order valence-corrected chi connectivity index (χ0v) is 28.5. The number of hydrogen-bond acceptors (Lipinski definition) is 10. The second kappa shape index (κ2) is 15.1. The number of piperazine rings is 1. The molecule has 0 radical (unpaired) electrons. The molecule has 3 aromatic rings. The molecule has 0 aliphatic carbocycles. The Morgan fingerprint density at radius 2 is 1.85 bits per heavy atom. The number of ether oxygens (including phenoxy) is 1. The van der Waals surface area contributed by atoms with E-state index in [9.17, 15) is 9.18 Å². The first-order valence-corrected chi connectivity index (χ1v) is 17.0. The first kappa shape index (κ1) is 33.9. The van der Waals surface area contributed by atoms with Gasteiger partial charge in [0.05, 0.1) is 41.8 Å². The van der Waals surface area contributed by atoms with Crippen LogP contribution in [-0.2, 0) is 9.63 Å². The molecule has 3 aliphatic heterocycles. The Balaban J connectivity index is 1.21. The van der Waals surface area contributed by atoms with Crippen molar-refractivity contribution in [2.75, 3.05) is 73.6 Å². The summed E-state index contributed by atoms with van der Waals surface area (Å²) in [6, 6.07) is 11.1. The van der Waals surface area contributed by atoms with Crippen molar-refractivity contribution >= 4 is 46.2 Å². The Kier molecular flexibility index (Phi) is 10.6. The van der Waals surface area contributed by atoms with Gasteiger partial charge in [-0.25, -0.2) is 19.4 Å². The summed E-state index contributed by atoms with van der Waals surface area (Å²) >= 11 is 6.33. The Hall–Kier alpha value is -3.97. The molecule has 0 spiro atoms. The van der Waals surface area contributed by atoms with E-state index in [0.29, 0.717) is 59.4 Å². The minimum absolute atomic E-state index is 0.0676. The first-order chi connectivity index (χ1) is 23.2. The van der Waals surface area contributed by atoms with Gasteiger partial charge in [-0.05, 0) is 50.5 Å². The van der Waals surface area contributed by atoms with Gasteiger partial charge in [0, 0.05) is 69.9 Å². The Labute approximate surface area is 286 Å². The molecule has 0 bridgehead atoms. The predicted molar refractivity (Wildman–Crippen MR) is 188 cm³/mol. The highest BCUT2D eigenvalue weighted by Gasteiger charge is 2.32. The van der Waals surface area contributed by atoms with E-state index in [1.165, 1.54) is 18.5 Å². The lowest BCUT2D eigenvalue weighted by Crippen LogP contribution is -2.54. The van der Waals surface area contributed by atoms with Crippen molar-refractivity contribution in [1.82, 2.24) is 19.8 Å². The minimum Gasteiger partial charge on any atom is -0.494 e. The number of methoxy groups -OCH3 is 1. The molecule has 6 rings (SSSR count). The number of benzene rings is 2. The number of nitrogens with zero attached hydrogens (tertiary/aromatic N) is 6. The summed E-state index contributed by atoms with van der Waals surface area (Å²) in [5.74, 6) is 0.772. The van der Waals surface area contributed by atoms with Gasteiger partial charge in [-0.2, -0.15) is 0 Å². The van der Waals surface area contributed by atoms with Crippen LogP contribution in [0.25, 0.3) is 0 Å². The number of carbonyl (C=O) groups excluding carboxylic acids is 1. The number of hydroxylamine groups is 1. The summed E-state index contributed by atoms with van der Waals surface area (Å²) < 4.78 is 20.1. The lowest BCUT2D eigenvalue weighted by molar-refractivity contribution is -0.111. The van der Waals surface area contributed by atoms with E-state index in [1.807, 2.05) is 12.1 Å². The van der Waals surface area contributed by atoms with Crippen LogP contribution in [0.3, 0.4) is 0 Å². The van der Waals surface area contributed by atoms with Gasteiger partial charge in [0.1, 0.15) is 23.7 Å². The minimum atomic E-state index is -0.481. The molecule has 1 amide bonds. The van der Waals surface area contributed by atoms with Crippen LogP contribution in [0.1, 0.15) is 44.7 Å². The van der Waals surface area contributed by atoms with Crippen molar-refractivity contribution in [3.05, 3.63) is 71.8 Å². The normalized spacial score (nSPS) is 19.5. The third-order valence-corrected chi connectivity index (χ3v) is 9.95. The summed E-state index contributed by atoms with van der Waals surface area (Å²) in [5.41, 5.74) is 2.76. The Morgan fingerprint density at radius 3 is 2.56 bits per heavy atom. The van der Waals surface area contributed by atoms with Crippen LogP contribution in [-0.4, -0.2) is 90.7 Å². The molecule has 11 nitrogen and oxygen atoms in total. The van der Waals surface area contributed by atoms with E-state index in [-0.39, 0.29) is 17.0 Å². The number of hydrogen-bond donors (Lipinski definition) is 2. The summed E-state index contributed by atoms with van der Waals surface area (Å²) in [6.07, 6.45) is 5.39. The predicted octanol–water partition coefficient (Wildman–Crippen LogP) is 6.02. The smallest absolute Gasteiger partial charge is 0.247 e. The van der Waals surface area contributed by atoms with E-state index in [0.717, 1.165) is 57.8 Å². The maximum absolute atomic E-state index is 14.3. The third kappa shape index (κ3) is 7.36. The second-order valence-electron chi connectivity index (χ2n) is 12.6. The van der Waals surface area contributed by atoms with E-state index >= 15 is 0 Å². The molecule has 2 N–H and O–H groups in total. The molecule has 0 unspecified atom stereocenters. The zero-order valence-electron chi connectivity index (χ0n) is 27.8. The second-order valence-corrected chi connectivity index (χ2v) is 13.0. The summed E-state index contributed by atoms with van der Waals surface area (Å²) in [5, 5.41) is 8.04. The van der Waals surface area contributed by atoms with Gasteiger partial charge in [-0.3, -0.25) is 19.4 Å². The fraction of sp³-hybridized carbons (Fsp3) is 0.457. The number of piperidine rings is 1. The number of amides is 1. The average molecular weight is 679 g/mol. The molecule has 256 valence electrons. The van der Waals surface area contributed by atoms with Gasteiger partial charge in [-0.1, -0.05) is 30.3 Å². The molecule has 3 aliphatic rings. The van der Waals surface area contributed by atoms with Gasteiger partial charge in [0.15, 0.2) is 5.82 Å². The number of nitrogens with one attached hydrogen (secondary N) is 2. The summed E-state index contributed by atoms with van der Waals surface area (Å²) in [7, 11) is 1.62. The van der Waals surface area contributed by atoms with Gasteiger partial charge in [0.2, 0.25) is 5.91 Å². The zero-order chi connectivity index (χ0) is 33.8. The lowest BCUT2D eigenvalue weighted by Gasteiger charge is -2.44. The van der Waals surface area contributed by atoms with Crippen LogP contribution >= 0.6 is 11.6 Å². The Bertz CT molecular complexity index is 1610. The highest BCUT2D eigenvalue weighted by atomic mass is 35.5. The number of halogens is 2. The molecule has 48 heavy (non-hydrogen) atoms. The van der Waals surface area contributed by atoms with Crippen molar-refractivity contribution in [3.63, 3.8) is 0 Å². The quantitative estimate of drug-likeness (QED) is 0.248. The van der Waals surface area contributed by atoms with E-state index in [2.05, 4.69) is 55.7 Å². The molecule has 1 aromatic heterocycles. The average Bonchev–Trinajstić information content (AvgIpc) is 3.60. The monoisotopic (exact) mass is 678 g/mol. The molecule has 13 heteroatoms. The van der Waals surface area contributed by atoms with Gasteiger partial charge in [-0.15, -0.1) is 0 Å². The van der Waals surface area contributed by atoms with Crippen LogP contribution in [0.5, 0.6) is 5.75 Å². The largest absolute Gasteiger partial charge is 0.494 e. The standard InChI is InChI=1S/C35H44ClFN8O3/c1-5-34(46)41-27-19-28(31(47-4)20-30(27)44-12-9-24(10-13-44)43-16-14-42(15-17-43)23(2)3)40-32-21-33(39-22-38-32)45-29(11-18-48-45)25-7-6-8-26(37)35(25)36/h5-8,19-24,29H,1,9-18H2,2-4H3,(H,41,46)(H,38,39,40)/t29-/m1/s1. The van der Waals surface area contributed by atoms with Crippen molar-refractivity contribution in [2.24, 2.45) is 0 Å². The van der Waals surface area contributed by atoms with Crippen LogP contribution in [0, 0.1) is 5.82 Å². The summed E-state index contributed by atoms with van der Waals surface area (Å²) in [4.78, 5) is 34.8. The highest BCUT2D eigenvalue weighted by Crippen LogP contribution is 2.41. The van der Waals surface area contributed by atoms with Crippen LogP contribution in [0.4, 0.5) is 33.1 Å². The van der Waals surface area contributed by atoms with Crippen molar-refractivity contribution < 1.29 is 18.8 Å². The molecule has 0 saturated carbocycles. The van der Waals surface area contributed by atoms with Crippen molar-refractivity contribution in [1.29, 1.82) is 0 Å². The molecule has 3 saturated heterocycles. The van der Waals surface area contributed by atoms with Crippen molar-refractivity contribution in [2.45, 2.75) is 51.2 Å². The van der Waals surface area contributed by atoms with Gasteiger partial charge < -0.3 is 20.3 Å². The SMILES string of the molecule is C=CC(=O)Nc1cc(Nc2cc(N3OCC[C@@H]3c3cccc(F)c3Cl)ncn2)c(OC)cc1N1CCC(N2CCN(C(C)C)CC2)CC1. The van der Waals surface area contributed by atoms with Crippen LogP contribution in [0.2, 0.25) is 5.02 Å². The van der Waals surface area contributed by atoms with E-state index < -0.39 is 5.82 Å². The highest BCUT2D eigenvalue weighted by molar-refractivity contribution is 6.31. The lowest BCUT2D eigenvalue weighted by atomic mass is 10.0. The Morgan fingerprint density at radius 1 is 1.08 bits per heavy atom. The summed E-state index contributed by atoms with van der Waals surface area (Å²) in [6.45, 7) is 14.8. The molecule has 1 atom stereocenters. The fourth-order valence-corrected chi connectivity index (χ4v) is 7.15. The van der Waals surface area contributed by atoms with Crippen molar-refractivity contribution in [3.8, 4) is 5.75 Å². The molecule has 2 aromatic carbocycles. The molecule has 3 fully saturated rings.